The second kappa shape index (κ2) is 6.62. The Kier molecular flexibility index (Phi) is 4.86. The van der Waals surface area contributed by atoms with Crippen molar-refractivity contribution in [2.24, 2.45) is 0 Å². The van der Waals surface area contributed by atoms with Crippen molar-refractivity contribution in [3.05, 3.63) is 58.6 Å². The van der Waals surface area contributed by atoms with Gasteiger partial charge < -0.3 is 10.1 Å². The Morgan fingerprint density at radius 3 is 2.47 bits per heavy atom. The highest BCUT2D eigenvalue weighted by atomic mass is 79.9. The van der Waals surface area contributed by atoms with Gasteiger partial charge in [-0.1, -0.05) is 28.1 Å². The number of ether oxygens (including phenoxy) is 1. The molecule has 2 aromatic carbocycles. The molecule has 1 N–H and O–H groups in total. The second-order valence-electron chi connectivity index (χ2n) is 4.67. The molecule has 0 bridgehead atoms. The van der Waals surface area contributed by atoms with Crippen LogP contribution in [0.3, 0.4) is 0 Å². The highest BCUT2D eigenvalue weighted by molar-refractivity contribution is 9.10. The molecule has 0 spiro atoms. The predicted octanol–water partition coefficient (Wildman–Crippen LogP) is 4.85. The molecule has 0 unspecified atom stereocenters. The van der Waals surface area contributed by atoms with E-state index in [1.807, 2.05) is 50.2 Å². The van der Waals surface area contributed by atoms with Gasteiger partial charge in [0.15, 0.2) is 0 Å². The summed E-state index contributed by atoms with van der Waals surface area (Å²) in [6.07, 6.45) is 0.209. The van der Waals surface area contributed by atoms with Gasteiger partial charge in [0.25, 0.3) is 0 Å². The van der Waals surface area contributed by atoms with E-state index in [2.05, 4.69) is 33.4 Å². The minimum atomic E-state index is 0.209. The minimum Gasteiger partial charge on any atom is -0.491 e. The van der Waals surface area contributed by atoms with Crippen molar-refractivity contribution in [2.45, 2.75) is 26.5 Å². The lowest BCUT2D eigenvalue weighted by molar-refractivity contribution is 0.242. The van der Waals surface area contributed by atoms with Crippen LogP contribution >= 0.6 is 15.9 Å². The van der Waals surface area contributed by atoms with Gasteiger partial charge in [-0.2, -0.15) is 0 Å². The molecule has 2 rings (SSSR count). The molecular formula is C16H18BrNO. The lowest BCUT2D eigenvalue weighted by Crippen LogP contribution is -2.05. The first-order valence-corrected chi connectivity index (χ1v) is 7.18. The molecule has 0 atom stereocenters. The van der Waals surface area contributed by atoms with E-state index in [0.29, 0.717) is 0 Å². The number of rotatable bonds is 5. The fourth-order valence-electron chi connectivity index (χ4n) is 1.77. The average Bonchev–Trinajstić information content (AvgIpc) is 2.37. The van der Waals surface area contributed by atoms with Crippen molar-refractivity contribution < 1.29 is 4.74 Å². The van der Waals surface area contributed by atoms with E-state index in [1.165, 1.54) is 5.56 Å². The molecule has 0 saturated carbocycles. The molecule has 0 aliphatic carbocycles. The predicted molar refractivity (Wildman–Crippen MR) is 83.7 cm³/mol. The molecular weight excluding hydrogens is 302 g/mol. The molecule has 2 nitrogen and oxygen atoms in total. The Balaban J connectivity index is 1.93. The summed E-state index contributed by atoms with van der Waals surface area (Å²) in [6, 6.07) is 16.3. The fourth-order valence-corrected chi connectivity index (χ4v) is 2.22. The van der Waals surface area contributed by atoms with Gasteiger partial charge >= 0.3 is 0 Å². The van der Waals surface area contributed by atoms with E-state index >= 15 is 0 Å². The summed E-state index contributed by atoms with van der Waals surface area (Å²) in [5.74, 6) is 0.906. The molecule has 0 saturated heterocycles. The quantitative estimate of drug-likeness (QED) is 0.850. The van der Waals surface area contributed by atoms with Gasteiger partial charge in [-0.3, -0.25) is 0 Å². The van der Waals surface area contributed by atoms with E-state index in [9.17, 15) is 0 Å². The lowest BCUT2D eigenvalue weighted by atomic mass is 10.2. The standard InChI is InChI=1S/C16H18BrNO/c1-12(2)19-16-8-6-15(7-9-16)18-11-13-4-3-5-14(17)10-13/h3-10,12,18H,11H2,1-2H3. The second-order valence-corrected chi connectivity index (χ2v) is 5.59. The first-order valence-electron chi connectivity index (χ1n) is 6.38. The number of hydrogen-bond donors (Lipinski definition) is 1. The smallest absolute Gasteiger partial charge is 0.119 e. The van der Waals surface area contributed by atoms with Crippen LogP contribution in [-0.4, -0.2) is 6.10 Å². The monoisotopic (exact) mass is 319 g/mol. The molecule has 0 heterocycles. The Morgan fingerprint density at radius 2 is 1.84 bits per heavy atom. The van der Waals surface area contributed by atoms with Crippen molar-refractivity contribution in [3.8, 4) is 5.75 Å². The molecule has 0 aromatic heterocycles. The third kappa shape index (κ3) is 4.60. The Labute approximate surface area is 122 Å². The van der Waals surface area contributed by atoms with Gasteiger partial charge in [0.1, 0.15) is 5.75 Å². The summed E-state index contributed by atoms with van der Waals surface area (Å²) in [6.45, 7) is 4.86. The molecule has 0 aliphatic heterocycles. The van der Waals surface area contributed by atoms with Gasteiger partial charge in [-0.15, -0.1) is 0 Å². The third-order valence-corrected chi connectivity index (χ3v) is 3.11. The van der Waals surface area contributed by atoms with Crippen molar-refractivity contribution in [3.63, 3.8) is 0 Å². The van der Waals surface area contributed by atoms with E-state index in [4.69, 9.17) is 4.74 Å². The Morgan fingerprint density at radius 1 is 1.11 bits per heavy atom. The van der Waals surface area contributed by atoms with E-state index in [-0.39, 0.29) is 6.10 Å². The summed E-state index contributed by atoms with van der Waals surface area (Å²) in [7, 11) is 0. The number of anilines is 1. The fraction of sp³-hybridized carbons (Fsp3) is 0.250. The molecule has 0 fully saturated rings. The first-order chi connectivity index (χ1) is 9.13. The number of hydrogen-bond acceptors (Lipinski definition) is 2. The zero-order valence-corrected chi connectivity index (χ0v) is 12.8. The van der Waals surface area contributed by atoms with E-state index < -0.39 is 0 Å². The summed E-state index contributed by atoms with van der Waals surface area (Å²) in [5, 5.41) is 3.39. The largest absolute Gasteiger partial charge is 0.491 e. The highest BCUT2D eigenvalue weighted by Crippen LogP contribution is 2.18. The average molecular weight is 320 g/mol. The van der Waals surface area contributed by atoms with Crippen LogP contribution in [0.2, 0.25) is 0 Å². The van der Waals surface area contributed by atoms with Crippen molar-refractivity contribution in [2.75, 3.05) is 5.32 Å². The number of halogens is 1. The lowest BCUT2D eigenvalue weighted by Gasteiger charge is -2.11. The Bertz CT molecular complexity index is 523. The zero-order chi connectivity index (χ0) is 13.7. The maximum atomic E-state index is 5.61. The summed E-state index contributed by atoms with van der Waals surface area (Å²) < 4.78 is 6.72. The zero-order valence-electron chi connectivity index (χ0n) is 11.2. The van der Waals surface area contributed by atoms with Crippen LogP contribution in [0, 0.1) is 0 Å². The van der Waals surface area contributed by atoms with Gasteiger partial charge in [-0.25, -0.2) is 0 Å². The van der Waals surface area contributed by atoms with Crippen LogP contribution in [0.25, 0.3) is 0 Å². The maximum Gasteiger partial charge on any atom is 0.119 e. The van der Waals surface area contributed by atoms with Crippen LogP contribution in [-0.2, 0) is 6.54 Å². The topological polar surface area (TPSA) is 21.3 Å². The molecule has 100 valence electrons. The molecule has 0 amide bonds. The summed E-state index contributed by atoms with van der Waals surface area (Å²) >= 11 is 3.48. The van der Waals surface area contributed by atoms with Crippen molar-refractivity contribution >= 4 is 21.6 Å². The van der Waals surface area contributed by atoms with Gasteiger partial charge in [-0.05, 0) is 55.8 Å². The van der Waals surface area contributed by atoms with Crippen LogP contribution in [0.4, 0.5) is 5.69 Å². The Hall–Kier alpha value is -1.48. The van der Waals surface area contributed by atoms with E-state index in [1.54, 1.807) is 0 Å². The molecule has 19 heavy (non-hydrogen) atoms. The minimum absolute atomic E-state index is 0.209. The van der Waals surface area contributed by atoms with E-state index in [0.717, 1.165) is 22.5 Å². The van der Waals surface area contributed by atoms with Crippen molar-refractivity contribution in [1.82, 2.24) is 0 Å². The van der Waals surface area contributed by atoms with Gasteiger partial charge in [0, 0.05) is 16.7 Å². The van der Waals surface area contributed by atoms with Crippen LogP contribution in [0.1, 0.15) is 19.4 Å². The molecule has 0 radical (unpaired) electrons. The normalized spacial score (nSPS) is 10.5. The SMILES string of the molecule is CC(C)Oc1ccc(NCc2cccc(Br)c2)cc1. The molecule has 0 aliphatic rings. The van der Waals surface area contributed by atoms with Crippen LogP contribution in [0.15, 0.2) is 53.0 Å². The van der Waals surface area contributed by atoms with Crippen LogP contribution in [0.5, 0.6) is 5.75 Å². The van der Waals surface area contributed by atoms with Crippen molar-refractivity contribution in [1.29, 1.82) is 0 Å². The van der Waals surface area contributed by atoms with Crippen LogP contribution < -0.4 is 10.1 Å². The summed E-state index contributed by atoms with van der Waals surface area (Å²) in [4.78, 5) is 0. The third-order valence-electron chi connectivity index (χ3n) is 2.61. The highest BCUT2D eigenvalue weighted by Gasteiger charge is 1.98. The first kappa shape index (κ1) is 13.9. The molecule has 3 heteroatoms. The molecule has 2 aromatic rings. The number of nitrogens with one attached hydrogen (secondary N) is 1. The van der Waals surface area contributed by atoms with Gasteiger partial charge in [0.05, 0.1) is 6.10 Å². The maximum absolute atomic E-state index is 5.61. The van der Waals surface area contributed by atoms with Gasteiger partial charge in [0.2, 0.25) is 0 Å². The number of benzene rings is 2. The summed E-state index contributed by atoms with van der Waals surface area (Å²) in [5.41, 5.74) is 2.34.